The number of nitrogens with zero attached hydrogens (tertiary/aromatic N) is 1. The van der Waals surface area contributed by atoms with Crippen LogP contribution in [0.25, 0.3) is 10.9 Å². The molecule has 2 N–H and O–H groups in total. The average Bonchev–Trinajstić information content (AvgIpc) is 2.75. The van der Waals surface area contributed by atoms with Gasteiger partial charge in [-0.2, -0.15) is 0 Å². The lowest BCUT2D eigenvalue weighted by Crippen LogP contribution is -2.41. The molecule has 2 aromatic rings. The van der Waals surface area contributed by atoms with Crippen LogP contribution in [0.3, 0.4) is 0 Å². The van der Waals surface area contributed by atoms with Crippen molar-refractivity contribution in [3.63, 3.8) is 0 Å². The lowest BCUT2D eigenvalue weighted by Gasteiger charge is -2.37. The maximum absolute atomic E-state index is 11.1. The zero-order valence-electron chi connectivity index (χ0n) is 11.9. The van der Waals surface area contributed by atoms with Gasteiger partial charge in [0, 0.05) is 23.1 Å². The Morgan fingerprint density at radius 1 is 1.45 bits per heavy atom. The Kier molecular flexibility index (Phi) is 3.26. The lowest BCUT2D eigenvalue weighted by atomic mass is 9.90. The molecule has 0 radical (unpaired) electrons. The van der Waals surface area contributed by atoms with E-state index in [1.54, 1.807) is 0 Å². The zero-order chi connectivity index (χ0) is 14.3. The molecule has 20 heavy (non-hydrogen) atoms. The standard InChI is InChI=1S/C16H20N2O2/c1-10(2)16-15-12(7-8-18(16)9-14(19)20)11-5-3-4-6-13(11)17-15/h3-6,10,16-17H,7-9H2,1-2H3,(H,19,20)/t16-/m1/s1. The molecule has 2 heterocycles. The molecule has 0 bridgehead atoms. The maximum atomic E-state index is 11.1. The van der Waals surface area contributed by atoms with E-state index in [1.807, 2.05) is 6.07 Å². The van der Waals surface area contributed by atoms with Crippen molar-refractivity contribution < 1.29 is 9.90 Å². The number of rotatable bonds is 3. The fourth-order valence-electron chi connectivity index (χ4n) is 3.43. The first-order valence-electron chi connectivity index (χ1n) is 7.13. The third-order valence-electron chi connectivity index (χ3n) is 4.15. The van der Waals surface area contributed by atoms with Gasteiger partial charge >= 0.3 is 5.97 Å². The molecule has 3 rings (SSSR count). The number of H-pyrrole nitrogens is 1. The number of aliphatic carboxylic acids is 1. The molecule has 1 aromatic heterocycles. The highest BCUT2D eigenvalue weighted by atomic mass is 16.4. The van der Waals surface area contributed by atoms with Crippen LogP contribution in [0.5, 0.6) is 0 Å². The van der Waals surface area contributed by atoms with Gasteiger partial charge in [0.2, 0.25) is 0 Å². The highest BCUT2D eigenvalue weighted by molar-refractivity contribution is 5.85. The number of nitrogens with one attached hydrogen (secondary N) is 1. The van der Waals surface area contributed by atoms with E-state index in [0.717, 1.165) is 18.5 Å². The van der Waals surface area contributed by atoms with Crippen LogP contribution < -0.4 is 0 Å². The minimum atomic E-state index is -0.754. The summed E-state index contributed by atoms with van der Waals surface area (Å²) in [6.07, 6.45) is 0.913. The fraction of sp³-hybridized carbons (Fsp3) is 0.438. The number of aromatic nitrogens is 1. The summed E-state index contributed by atoms with van der Waals surface area (Å²) < 4.78 is 0. The molecule has 106 valence electrons. The first-order chi connectivity index (χ1) is 9.58. The van der Waals surface area contributed by atoms with Crippen LogP contribution in [0.15, 0.2) is 24.3 Å². The van der Waals surface area contributed by atoms with Crippen molar-refractivity contribution in [3.05, 3.63) is 35.5 Å². The predicted molar refractivity (Wildman–Crippen MR) is 78.8 cm³/mol. The normalized spacial score (nSPS) is 19.4. The van der Waals surface area contributed by atoms with E-state index < -0.39 is 5.97 Å². The number of hydrogen-bond acceptors (Lipinski definition) is 2. The molecule has 0 unspecified atom stereocenters. The number of aromatic amines is 1. The molecule has 4 heteroatoms. The smallest absolute Gasteiger partial charge is 0.317 e. The van der Waals surface area contributed by atoms with E-state index >= 15 is 0 Å². The summed E-state index contributed by atoms with van der Waals surface area (Å²) in [6, 6.07) is 8.48. The highest BCUT2D eigenvalue weighted by Gasteiger charge is 2.33. The van der Waals surface area contributed by atoms with Crippen molar-refractivity contribution in [1.82, 2.24) is 9.88 Å². The third-order valence-corrected chi connectivity index (χ3v) is 4.15. The molecule has 4 nitrogen and oxygen atoms in total. The summed E-state index contributed by atoms with van der Waals surface area (Å²) in [7, 11) is 0. The van der Waals surface area contributed by atoms with Gasteiger partial charge in [-0.1, -0.05) is 32.0 Å². The van der Waals surface area contributed by atoms with Crippen LogP contribution in [0.2, 0.25) is 0 Å². The Labute approximate surface area is 118 Å². The van der Waals surface area contributed by atoms with Crippen LogP contribution in [0.4, 0.5) is 0 Å². The minimum Gasteiger partial charge on any atom is -0.480 e. The Morgan fingerprint density at radius 3 is 2.90 bits per heavy atom. The number of para-hydroxylation sites is 1. The van der Waals surface area contributed by atoms with Gasteiger partial charge in [0.25, 0.3) is 0 Å². The second-order valence-corrected chi connectivity index (χ2v) is 5.87. The summed E-state index contributed by atoms with van der Waals surface area (Å²) in [5.74, 6) is -0.378. The van der Waals surface area contributed by atoms with Gasteiger partial charge < -0.3 is 10.1 Å². The van der Waals surface area contributed by atoms with Crippen molar-refractivity contribution in [1.29, 1.82) is 0 Å². The van der Waals surface area contributed by atoms with Crippen LogP contribution >= 0.6 is 0 Å². The van der Waals surface area contributed by atoms with Crippen LogP contribution in [0.1, 0.15) is 31.1 Å². The zero-order valence-corrected chi connectivity index (χ0v) is 11.9. The Morgan fingerprint density at radius 2 is 2.20 bits per heavy atom. The molecule has 1 aliphatic heterocycles. The van der Waals surface area contributed by atoms with Crippen molar-refractivity contribution >= 4 is 16.9 Å². The number of carbonyl (C=O) groups is 1. The minimum absolute atomic E-state index is 0.109. The monoisotopic (exact) mass is 272 g/mol. The van der Waals surface area contributed by atoms with Crippen molar-refractivity contribution in [3.8, 4) is 0 Å². The molecule has 1 atom stereocenters. The molecule has 0 aliphatic carbocycles. The van der Waals surface area contributed by atoms with Gasteiger partial charge in [-0.3, -0.25) is 9.69 Å². The Bertz CT molecular complexity index is 645. The van der Waals surface area contributed by atoms with Crippen molar-refractivity contribution in [2.45, 2.75) is 26.3 Å². The second-order valence-electron chi connectivity index (χ2n) is 5.87. The number of carboxylic acids is 1. The largest absolute Gasteiger partial charge is 0.480 e. The Balaban J connectivity index is 2.08. The topological polar surface area (TPSA) is 56.3 Å². The summed E-state index contributed by atoms with van der Waals surface area (Å²) in [4.78, 5) is 16.7. The summed E-state index contributed by atoms with van der Waals surface area (Å²) in [5.41, 5.74) is 3.72. The van der Waals surface area contributed by atoms with E-state index in [2.05, 4.69) is 41.9 Å². The summed E-state index contributed by atoms with van der Waals surface area (Å²) in [5, 5.41) is 10.4. The van der Waals surface area contributed by atoms with E-state index in [1.165, 1.54) is 16.6 Å². The van der Waals surface area contributed by atoms with E-state index in [0.29, 0.717) is 5.92 Å². The fourth-order valence-corrected chi connectivity index (χ4v) is 3.43. The SMILES string of the molecule is CC(C)[C@@H]1c2[nH]c3ccccc3c2CCN1CC(=O)O. The second kappa shape index (κ2) is 4.94. The first-order valence-corrected chi connectivity index (χ1v) is 7.13. The number of carboxylic acid groups (broad SMARTS) is 1. The van der Waals surface area contributed by atoms with E-state index in [4.69, 9.17) is 5.11 Å². The van der Waals surface area contributed by atoms with Crippen LogP contribution in [-0.2, 0) is 11.2 Å². The van der Waals surface area contributed by atoms with Gasteiger partial charge in [0.1, 0.15) is 0 Å². The van der Waals surface area contributed by atoms with Crippen molar-refractivity contribution in [2.75, 3.05) is 13.1 Å². The molecular formula is C16H20N2O2. The third kappa shape index (κ3) is 2.10. The van der Waals surface area contributed by atoms with E-state index in [9.17, 15) is 4.79 Å². The van der Waals surface area contributed by atoms with Gasteiger partial charge in [-0.05, 0) is 24.0 Å². The van der Waals surface area contributed by atoms with Crippen LogP contribution in [-0.4, -0.2) is 34.0 Å². The summed E-state index contributed by atoms with van der Waals surface area (Å²) >= 11 is 0. The van der Waals surface area contributed by atoms with Gasteiger partial charge in [0.05, 0.1) is 12.6 Å². The molecule has 0 saturated heterocycles. The molecule has 1 aromatic carbocycles. The first kappa shape index (κ1) is 13.2. The van der Waals surface area contributed by atoms with Crippen molar-refractivity contribution in [2.24, 2.45) is 5.92 Å². The maximum Gasteiger partial charge on any atom is 0.317 e. The molecule has 0 fully saturated rings. The Hall–Kier alpha value is -1.81. The molecule has 0 saturated carbocycles. The summed E-state index contributed by atoms with van der Waals surface area (Å²) in [6.45, 7) is 5.22. The molecule has 0 amide bonds. The number of fused-ring (bicyclic) bond motifs is 3. The molecule has 1 aliphatic rings. The number of hydrogen-bond donors (Lipinski definition) is 2. The number of benzene rings is 1. The molecular weight excluding hydrogens is 252 g/mol. The van der Waals surface area contributed by atoms with Gasteiger partial charge in [-0.15, -0.1) is 0 Å². The van der Waals surface area contributed by atoms with Crippen LogP contribution in [0, 0.1) is 5.92 Å². The van der Waals surface area contributed by atoms with Gasteiger partial charge in [-0.25, -0.2) is 0 Å². The highest BCUT2D eigenvalue weighted by Crippen LogP contribution is 2.38. The predicted octanol–water partition coefficient (Wildman–Crippen LogP) is 2.81. The molecule has 0 spiro atoms. The quantitative estimate of drug-likeness (QED) is 0.903. The van der Waals surface area contributed by atoms with Gasteiger partial charge in [0.15, 0.2) is 0 Å². The van der Waals surface area contributed by atoms with E-state index in [-0.39, 0.29) is 12.6 Å². The lowest BCUT2D eigenvalue weighted by molar-refractivity contribution is -0.139. The average molecular weight is 272 g/mol.